The standard InChI is InChI=1S/C14H20INO2.C14H21NO3.C13H17N.ClH.2H2S/c1-14(2,3)18-13(17)16-12(10-15)9-11-7-5-4-6-8-11;1-14(2,3)18-13(17)15-12(10-16)9-11-7-5-4-6-8-11;1-4-10-14(3)12(2)11-13-8-6-5-7-9-13;;;/h4-8,12H,9-10H2,1-3H3,(H,16,17);4-8,12,16H,9-10H2,1-3H3,(H,15,17);1,5-9,12H,10-11H2,2-3H3;1H;2*1H2/t3*12-;;;/m001.../s1/i;;3D3;;;. The molecule has 0 unspecified atom stereocenters. The van der Waals surface area contributed by atoms with Crippen molar-refractivity contribution in [3.05, 3.63) is 108 Å². The molecule has 0 radical (unpaired) electrons. The average Bonchev–Trinajstić information content (AvgIpc) is 3.06. The van der Waals surface area contributed by atoms with Crippen molar-refractivity contribution in [2.75, 3.05) is 24.6 Å². The van der Waals surface area contributed by atoms with E-state index in [2.05, 4.69) is 51.3 Å². The highest BCUT2D eigenvalue weighted by Crippen LogP contribution is 2.11. The number of ether oxygens (including phenoxy) is 2. The van der Waals surface area contributed by atoms with E-state index in [9.17, 15) is 14.7 Å². The summed E-state index contributed by atoms with van der Waals surface area (Å²) in [4.78, 5) is 24.6. The highest BCUT2D eigenvalue weighted by molar-refractivity contribution is 14.1. The molecule has 0 fully saturated rings. The van der Waals surface area contributed by atoms with Gasteiger partial charge in [-0.1, -0.05) is 120 Å². The second-order valence-corrected chi connectivity index (χ2v) is 14.7. The predicted octanol–water partition coefficient (Wildman–Crippen LogP) is 8.50. The van der Waals surface area contributed by atoms with Crippen LogP contribution in [0.3, 0.4) is 0 Å². The molecule has 3 atom stereocenters. The van der Waals surface area contributed by atoms with Gasteiger partial charge in [-0.3, -0.25) is 4.90 Å². The molecule has 0 spiro atoms. The highest BCUT2D eigenvalue weighted by atomic mass is 127. The van der Waals surface area contributed by atoms with Gasteiger partial charge in [0.1, 0.15) is 11.2 Å². The van der Waals surface area contributed by atoms with Crippen LogP contribution in [-0.2, 0) is 28.7 Å². The Kier molecular flexibility index (Phi) is 27.2. The fourth-order valence-corrected chi connectivity index (χ4v) is 4.90. The number of nitrogens with zero attached hydrogens (tertiary/aromatic N) is 1. The Morgan fingerprint density at radius 3 is 1.45 bits per heavy atom. The fourth-order valence-electron chi connectivity index (χ4n) is 4.37. The molecule has 0 bridgehead atoms. The Labute approximate surface area is 357 Å². The van der Waals surface area contributed by atoms with Crippen molar-refractivity contribution in [1.29, 1.82) is 0 Å². The molecule has 0 aliphatic carbocycles. The van der Waals surface area contributed by atoms with Crippen LogP contribution >= 0.6 is 62.0 Å². The zero-order chi connectivity index (χ0) is 40.1. The van der Waals surface area contributed by atoms with E-state index in [1.54, 1.807) is 20.8 Å². The molecule has 298 valence electrons. The SMILES string of the molecule is CC(C)(C)OC(=O)N[C@H](CI)Cc1ccccc1.CC(C)(C)OC(=O)N[C@H](CO)Cc1ccccc1.Cl.S.S.[2H]C([2H])([2H])N(CC#C)[C@H](C)Cc1ccccc1. The van der Waals surface area contributed by atoms with Gasteiger partial charge in [0.25, 0.3) is 0 Å². The predicted molar refractivity (Wildman–Crippen MR) is 242 cm³/mol. The first-order valence-corrected chi connectivity index (χ1v) is 18.3. The van der Waals surface area contributed by atoms with Crippen LogP contribution in [0, 0.1) is 12.3 Å². The number of halogens is 2. The number of alkyl carbamates (subject to hydrolysis) is 2. The molecule has 0 aliphatic heterocycles. The molecule has 3 aromatic carbocycles. The minimum atomic E-state index is -2.14. The fraction of sp³-hybridized carbons (Fsp3) is 0.463. The summed E-state index contributed by atoms with van der Waals surface area (Å²) < 4.78 is 33.6. The van der Waals surface area contributed by atoms with Crippen LogP contribution in [0.2, 0.25) is 0 Å². The summed E-state index contributed by atoms with van der Waals surface area (Å²) in [6.45, 7) is 10.8. The third-order valence-electron chi connectivity index (χ3n) is 6.67. The van der Waals surface area contributed by atoms with E-state index in [4.69, 9.17) is 20.0 Å². The van der Waals surface area contributed by atoms with Crippen molar-refractivity contribution >= 4 is 74.2 Å². The van der Waals surface area contributed by atoms with Gasteiger partial charge >= 0.3 is 12.2 Å². The number of nitrogens with one attached hydrogen (secondary N) is 2. The van der Waals surface area contributed by atoms with Crippen molar-refractivity contribution in [2.45, 2.75) is 97.1 Å². The number of aliphatic hydroxyl groups excluding tert-OH is 1. The first-order valence-electron chi connectivity index (χ1n) is 18.2. The summed E-state index contributed by atoms with van der Waals surface area (Å²) in [7, 11) is 0. The summed E-state index contributed by atoms with van der Waals surface area (Å²) in [6.07, 6.45) is 6.45. The Hall–Kier alpha value is -2.60. The van der Waals surface area contributed by atoms with E-state index in [0.29, 0.717) is 12.8 Å². The molecule has 53 heavy (non-hydrogen) atoms. The van der Waals surface area contributed by atoms with Gasteiger partial charge in [0.15, 0.2) is 0 Å². The van der Waals surface area contributed by atoms with Crippen LogP contribution in [0.1, 0.15) is 69.3 Å². The zero-order valence-corrected chi connectivity index (χ0v) is 37.0. The average molecular weight is 907 g/mol. The molecule has 0 aliphatic rings. The van der Waals surface area contributed by atoms with Gasteiger partial charge in [-0.2, -0.15) is 27.0 Å². The first kappa shape index (κ1) is 48.4. The number of hydrogen-bond donors (Lipinski definition) is 3. The largest absolute Gasteiger partial charge is 0.444 e. The third-order valence-corrected chi connectivity index (χ3v) is 7.73. The van der Waals surface area contributed by atoms with E-state index in [-0.39, 0.29) is 76.8 Å². The maximum absolute atomic E-state index is 11.7. The number of likely N-dealkylation sites (N-methyl/N-ethyl adjacent to an activating group) is 1. The lowest BCUT2D eigenvalue weighted by Crippen LogP contribution is -2.42. The monoisotopic (exact) mass is 906 g/mol. The normalized spacial score (nSPS) is 13.1. The molecule has 12 heteroatoms. The van der Waals surface area contributed by atoms with Crippen molar-refractivity contribution in [2.24, 2.45) is 0 Å². The van der Waals surface area contributed by atoms with Gasteiger partial charge in [0.2, 0.25) is 0 Å². The summed E-state index contributed by atoms with van der Waals surface area (Å²) >= 11 is 2.28. The number of carbonyl (C=O) groups excluding carboxylic acids is 2. The highest BCUT2D eigenvalue weighted by Gasteiger charge is 2.20. The summed E-state index contributed by atoms with van der Waals surface area (Å²) in [5, 5.41) is 14.8. The van der Waals surface area contributed by atoms with Crippen molar-refractivity contribution in [3.63, 3.8) is 0 Å². The van der Waals surface area contributed by atoms with Crippen LogP contribution in [0.25, 0.3) is 0 Å². The van der Waals surface area contributed by atoms with Gasteiger partial charge in [-0.15, -0.1) is 18.8 Å². The number of carbonyl (C=O) groups is 2. The molecule has 0 heterocycles. The number of amides is 2. The van der Waals surface area contributed by atoms with Gasteiger partial charge in [0.05, 0.1) is 19.2 Å². The summed E-state index contributed by atoms with van der Waals surface area (Å²) in [5.74, 6) is 2.41. The zero-order valence-electron chi connectivity index (χ0n) is 35.0. The van der Waals surface area contributed by atoms with E-state index in [1.807, 2.05) is 107 Å². The van der Waals surface area contributed by atoms with E-state index < -0.39 is 24.3 Å². The lowest BCUT2D eigenvalue weighted by Gasteiger charge is -2.22. The molecule has 3 rings (SSSR count). The first-order chi connectivity index (χ1) is 24.8. The number of benzene rings is 3. The Bertz CT molecular complexity index is 1440. The van der Waals surface area contributed by atoms with Crippen LogP contribution < -0.4 is 10.6 Å². The summed E-state index contributed by atoms with van der Waals surface area (Å²) in [6, 6.07) is 29.3. The molecule has 0 aromatic heterocycles. The van der Waals surface area contributed by atoms with Gasteiger partial charge in [-0.25, -0.2) is 9.59 Å². The van der Waals surface area contributed by atoms with Crippen LogP contribution in [0.5, 0.6) is 0 Å². The number of aliphatic hydroxyl groups is 1. The molecule has 3 N–H and O–H groups in total. The third kappa shape index (κ3) is 28.5. The maximum Gasteiger partial charge on any atom is 0.407 e. The molecule has 8 nitrogen and oxygen atoms in total. The van der Waals surface area contributed by atoms with Crippen molar-refractivity contribution < 1.29 is 28.3 Å². The van der Waals surface area contributed by atoms with Gasteiger partial charge in [0, 0.05) is 20.6 Å². The minimum absolute atomic E-state index is 0. The number of hydrogen-bond acceptors (Lipinski definition) is 6. The number of terminal acetylenes is 1. The van der Waals surface area contributed by atoms with E-state index in [1.165, 1.54) is 10.5 Å². The second kappa shape index (κ2) is 29.7. The van der Waals surface area contributed by atoms with Gasteiger partial charge in [-0.05, 0) is 91.4 Å². The Morgan fingerprint density at radius 1 is 0.774 bits per heavy atom. The quantitative estimate of drug-likeness (QED) is 0.0959. The molecular weight excluding hydrogens is 841 g/mol. The summed E-state index contributed by atoms with van der Waals surface area (Å²) in [5.41, 5.74) is 2.41. The minimum Gasteiger partial charge on any atom is -0.444 e. The molecule has 0 saturated heterocycles. The second-order valence-electron chi connectivity index (χ2n) is 13.8. The maximum atomic E-state index is 11.7. The van der Waals surface area contributed by atoms with Crippen LogP contribution in [0.4, 0.5) is 9.59 Å². The smallest absolute Gasteiger partial charge is 0.407 e. The Morgan fingerprint density at radius 2 is 1.13 bits per heavy atom. The number of alkyl halides is 1. The number of rotatable bonds is 12. The topological polar surface area (TPSA) is 100 Å². The lowest BCUT2D eigenvalue weighted by atomic mass is 10.1. The van der Waals surface area contributed by atoms with Crippen molar-refractivity contribution in [3.8, 4) is 12.3 Å². The molecule has 2 amide bonds. The van der Waals surface area contributed by atoms with Crippen LogP contribution in [0.15, 0.2) is 91.0 Å². The molecular formula is C41H63ClIN3O5S2. The van der Waals surface area contributed by atoms with Gasteiger partial charge < -0.3 is 25.2 Å². The lowest BCUT2D eigenvalue weighted by molar-refractivity contribution is 0.0478. The Balaban J connectivity index is -0.000000733. The van der Waals surface area contributed by atoms with Crippen molar-refractivity contribution in [1.82, 2.24) is 15.5 Å². The molecule has 3 aromatic rings. The molecule has 0 saturated carbocycles. The van der Waals surface area contributed by atoms with E-state index in [0.717, 1.165) is 22.0 Å². The van der Waals surface area contributed by atoms with E-state index >= 15 is 0 Å². The van der Waals surface area contributed by atoms with Crippen LogP contribution in [-0.4, -0.2) is 76.1 Å².